The fourth-order valence-electron chi connectivity index (χ4n) is 2.96. The summed E-state index contributed by atoms with van der Waals surface area (Å²) >= 11 is 6.11. The van der Waals surface area contributed by atoms with Crippen molar-refractivity contribution in [2.75, 3.05) is 0 Å². The molecular weight excluding hydrogens is 320 g/mol. The van der Waals surface area contributed by atoms with Gasteiger partial charge in [-0.15, -0.1) is 0 Å². The first kappa shape index (κ1) is 16.3. The summed E-state index contributed by atoms with van der Waals surface area (Å²) < 4.78 is 0. The van der Waals surface area contributed by atoms with E-state index in [0.29, 0.717) is 16.1 Å². The zero-order valence-corrected chi connectivity index (χ0v) is 14.3. The molecule has 2 aromatic carbocycles. The van der Waals surface area contributed by atoms with Gasteiger partial charge in [0.1, 0.15) is 0 Å². The smallest absolute Gasteiger partial charge is 0.187 e. The van der Waals surface area contributed by atoms with E-state index in [9.17, 15) is 4.79 Å². The topological polar surface area (TPSA) is 52.9 Å². The fraction of sp³-hybridized carbons (Fsp3) is 0.200. The molecule has 1 aliphatic heterocycles. The highest BCUT2D eigenvalue weighted by Crippen LogP contribution is 2.31. The number of fused-ring (bicyclic) bond motifs is 1. The Hall–Kier alpha value is -2.57. The molecule has 0 bridgehead atoms. The molecule has 1 heterocycles. The van der Waals surface area contributed by atoms with Crippen molar-refractivity contribution >= 4 is 23.1 Å². The molecule has 24 heavy (non-hydrogen) atoms. The van der Waals surface area contributed by atoms with Crippen LogP contribution in [0.3, 0.4) is 0 Å². The van der Waals surface area contributed by atoms with Crippen LogP contribution in [0.4, 0.5) is 0 Å². The molecule has 3 rings (SSSR count). The van der Waals surface area contributed by atoms with Gasteiger partial charge in [-0.1, -0.05) is 17.7 Å². The molecular formula is C20H17ClN2O. The van der Waals surface area contributed by atoms with E-state index in [1.54, 1.807) is 30.3 Å². The lowest BCUT2D eigenvalue weighted by atomic mass is 9.85. The summed E-state index contributed by atoms with van der Waals surface area (Å²) in [6.45, 7) is 4.19. The Balaban J connectivity index is 1.99. The second kappa shape index (κ2) is 6.14. The number of nitrogens with one attached hydrogen (secondary N) is 1. The number of nitrogens with zero attached hydrogens (tertiary/aromatic N) is 1. The van der Waals surface area contributed by atoms with Gasteiger partial charge in [0.25, 0.3) is 0 Å². The van der Waals surface area contributed by atoms with Crippen molar-refractivity contribution in [2.45, 2.75) is 25.8 Å². The third kappa shape index (κ3) is 3.34. The molecule has 0 atom stereocenters. The Morgan fingerprint density at radius 3 is 2.62 bits per heavy atom. The minimum absolute atomic E-state index is 0.0967. The standard InChI is InChI=1S/C20H17ClN2O/c1-20(2)11-15-9-16(21)7-8-17(15)18(23-20)10-19(24)14-5-3-13(12-22)4-6-14/h3-10,23H,11H2,1-2H3/b18-10-. The van der Waals surface area contributed by atoms with Crippen molar-refractivity contribution in [3.8, 4) is 6.07 Å². The summed E-state index contributed by atoms with van der Waals surface area (Å²) in [5.41, 5.74) is 3.87. The van der Waals surface area contributed by atoms with Gasteiger partial charge >= 0.3 is 0 Å². The lowest BCUT2D eigenvalue weighted by Crippen LogP contribution is -2.43. The first-order valence-corrected chi connectivity index (χ1v) is 8.09. The molecule has 0 unspecified atom stereocenters. The van der Waals surface area contributed by atoms with Gasteiger partial charge in [-0.2, -0.15) is 5.26 Å². The number of rotatable bonds is 2. The third-order valence-electron chi connectivity index (χ3n) is 4.04. The number of carbonyl (C=O) groups excluding carboxylic acids is 1. The van der Waals surface area contributed by atoms with Crippen molar-refractivity contribution in [1.82, 2.24) is 5.32 Å². The summed E-state index contributed by atoms with van der Waals surface area (Å²) in [5, 5.41) is 13.0. The molecule has 0 fully saturated rings. The van der Waals surface area contributed by atoms with Crippen molar-refractivity contribution in [3.05, 3.63) is 75.8 Å². The normalized spacial score (nSPS) is 16.8. The van der Waals surface area contributed by atoms with Gasteiger partial charge in [0.2, 0.25) is 0 Å². The highest BCUT2D eigenvalue weighted by atomic mass is 35.5. The number of hydrogen-bond acceptors (Lipinski definition) is 3. The van der Waals surface area contributed by atoms with E-state index in [2.05, 4.69) is 25.2 Å². The predicted molar refractivity (Wildman–Crippen MR) is 95.8 cm³/mol. The predicted octanol–water partition coefficient (Wildman–Crippen LogP) is 4.36. The van der Waals surface area contributed by atoms with E-state index in [0.717, 1.165) is 23.2 Å². The number of halogens is 1. The molecule has 2 aromatic rings. The molecule has 0 amide bonds. The van der Waals surface area contributed by atoms with Gasteiger partial charge in [0.15, 0.2) is 5.78 Å². The first-order valence-electron chi connectivity index (χ1n) is 7.71. The van der Waals surface area contributed by atoms with Crippen LogP contribution < -0.4 is 5.32 Å². The average Bonchev–Trinajstić information content (AvgIpc) is 2.53. The van der Waals surface area contributed by atoms with Crippen LogP contribution in [-0.2, 0) is 6.42 Å². The maximum atomic E-state index is 12.6. The van der Waals surface area contributed by atoms with E-state index in [4.69, 9.17) is 16.9 Å². The van der Waals surface area contributed by atoms with E-state index >= 15 is 0 Å². The summed E-state index contributed by atoms with van der Waals surface area (Å²) in [4.78, 5) is 12.6. The van der Waals surface area contributed by atoms with Gasteiger partial charge in [-0.3, -0.25) is 4.79 Å². The van der Waals surface area contributed by atoms with Crippen LogP contribution in [0.5, 0.6) is 0 Å². The van der Waals surface area contributed by atoms with Crippen LogP contribution in [0.2, 0.25) is 5.02 Å². The van der Waals surface area contributed by atoms with Crippen LogP contribution >= 0.6 is 11.6 Å². The lowest BCUT2D eigenvalue weighted by Gasteiger charge is -2.35. The van der Waals surface area contributed by atoms with Crippen LogP contribution in [0.15, 0.2) is 48.5 Å². The van der Waals surface area contributed by atoms with Gasteiger partial charge in [0, 0.05) is 33.5 Å². The number of hydrogen-bond donors (Lipinski definition) is 1. The number of ketones is 1. The Bertz CT molecular complexity index is 874. The number of carbonyl (C=O) groups is 1. The SMILES string of the molecule is CC1(C)Cc2cc(Cl)ccc2/C(=C/C(=O)c2ccc(C#N)cc2)N1. The quantitative estimate of drug-likeness (QED) is 0.655. The summed E-state index contributed by atoms with van der Waals surface area (Å²) in [6, 6.07) is 14.4. The van der Waals surface area contributed by atoms with Gasteiger partial charge in [-0.05, 0) is 62.2 Å². The second-order valence-electron chi connectivity index (χ2n) is 6.60. The molecule has 0 saturated heterocycles. The molecule has 0 aliphatic carbocycles. The summed E-state index contributed by atoms with van der Waals surface area (Å²) in [5.74, 6) is -0.0967. The zero-order chi connectivity index (χ0) is 17.3. The molecule has 0 saturated carbocycles. The van der Waals surface area contributed by atoms with Crippen molar-refractivity contribution < 1.29 is 4.79 Å². The summed E-state index contributed by atoms with van der Waals surface area (Å²) in [6.07, 6.45) is 2.46. The van der Waals surface area contributed by atoms with Gasteiger partial charge in [-0.25, -0.2) is 0 Å². The van der Waals surface area contributed by atoms with Gasteiger partial charge < -0.3 is 5.32 Å². The maximum Gasteiger partial charge on any atom is 0.187 e. The Kier molecular flexibility index (Phi) is 4.17. The maximum absolute atomic E-state index is 12.6. The molecule has 0 aromatic heterocycles. The monoisotopic (exact) mass is 336 g/mol. The Labute approximate surface area is 146 Å². The van der Waals surface area contributed by atoms with Crippen molar-refractivity contribution in [1.29, 1.82) is 5.26 Å². The second-order valence-corrected chi connectivity index (χ2v) is 7.03. The average molecular weight is 337 g/mol. The zero-order valence-electron chi connectivity index (χ0n) is 13.6. The van der Waals surface area contributed by atoms with Crippen LogP contribution in [0, 0.1) is 11.3 Å². The first-order chi connectivity index (χ1) is 11.4. The molecule has 1 aliphatic rings. The van der Waals surface area contributed by atoms with E-state index in [1.165, 1.54) is 0 Å². The molecule has 0 radical (unpaired) electrons. The van der Waals surface area contributed by atoms with E-state index < -0.39 is 0 Å². The number of allylic oxidation sites excluding steroid dienone is 1. The molecule has 1 N–H and O–H groups in total. The number of benzene rings is 2. The van der Waals surface area contributed by atoms with E-state index in [1.807, 2.05) is 18.2 Å². The highest BCUT2D eigenvalue weighted by molar-refractivity contribution is 6.30. The van der Waals surface area contributed by atoms with E-state index in [-0.39, 0.29) is 11.3 Å². The molecule has 3 nitrogen and oxygen atoms in total. The van der Waals surface area contributed by atoms with Crippen LogP contribution in [0.25, 0.3) is 5.70 Å². The van der Waals surface area contributed by atoms with Crippen LogP contribution in [0.1, 0.15) is 40.9 Å². The Morgan fingerprint density at radius 1 is 1.25 bits per heavy atom. The fourth-order valence-corrected chi connectivity index (χ4v) is 3.16. The minimum atomic E-state index is -0.158. The number of nitriles is 1. The highest BCUT2D eigenvalue weighted by Gasteiger charge is 2.28. The largest absolute Gasteiger partial charge is 0.379 e. The Morgan fingerprint density at radius 2 is 1.96 bits per heavy atom. The molecule has 120 valence electrons. The minimum Gasteiger partial charge on any atom is -0.379 e. The van der Waals surface area contributed by atoms with Crippen molar-refractivity contribution in [3.63, 3.8) is 0 Å². The van der Waals surface area contributed by atoms with Crippen LogP contribution in [-0.4, -0.2) is 11.3 Å². The molecule has 4 heteroatoms. The van der Waals surface area contributed by atoms with Crippen molar-refractivity contribution in [2.24, 2.45) is 0 Å². The molecule has 0 spiro atoms. The summed E-state index contributed by atoms with van der Waals surface area (Å²) in [7, 11) is 0. The van der Waals surface area contributed by atoms with Gasteiger partial charge in [0.05, 0.1) is 11.6 Å². The lowest BCUT2D eigenvalue weighted by molar-refractivity contribution is 0.104. The third-order valence-corrected chi connectivity index (χ3v) is 4.27.